The van der Waals surface area contributed by atoms with Gasteiger partial charge in [-0.3, -0.25) is 4.79 Å². The topological polar surface area (TPSA) is 64.6 Å². The number of hydrogen-bond acceptors (Lipinski definition) is 4. The summed E-state index contributed by atoms with van der Waals surface area (Å²) in [7, 11) is 0. The number of carbonyl (C=O) groups is 2. The number of ether oxygens (including phenoxy) is 2. The highest BCUT2D eigenvalue weighted by atomic mass is 16.6. The van der Waals surface area contributed by atoms with Gasteiger partial charge in [-0.25, -0.2) is 4.79 Å². The van der Waals surface area contributed by atoms with Crippen molar-refractivity contribution in [1.82, 2.24) is 5.32 Å². The first-order chi connectivity index (χ1) is 10.7. The minimum atomic E-state index is -0.637. The van der Waals surface area contributed by atoms with Gasteiger partial charge in [0.05, 0.1) is 6.04 Å². The van der Waals surface area contributed by atoms with Gasteiger partial charge in [-0.2, -0.15) is 0 Å². The van der Waals surface area contributed by atoms with Crippen molar-refractivity contribution in [3.63, 3.8) is 0 Å². The monoisotopic (exact) mass is 317 g/mol. The van der Waals surface area contributed by atoms with E-state index in [0.717, 1.165) is 5.56 Å². The van der Waals surface area contributed by atoms with Crippen molar-refractivity contribution in [3.05, 3.63) is 29.8 Å². The summed E-state index contributed by atoms with van der Waals surface area (Å²) in [5.74, 6) is 2.91. The molecule has 1 amide bonds. The highest BCUT2D eigenvalue weighted by Gasteiger charge is 2.22. The molecule has 0 aliphatic rings. The molecule has 0 fully saturated rings. The van der Waals surface area contributed by atoms with E-state index < -0.39 is 17.7 Å². The fraction of sp³-hybridized carbons (Fsp3) is 0.444. The van der Waals surface area contributed by atoms with Crippen molar-refractivity contribution < 1.29 is 19.1 Å². The molecule has 1 aromatic rings. The summed E-state index contributed by atoms with van der Waals surface area (Å²) >= 11 is 0. The molecule has 124 valence electrons. The predicted molar refractivity (Wildman–Crippen MR) is 88.3 cm³/mol. The summed E-state index contributed by atoms with van der Waals surface area (Å²) in [4.78, 5) is 23.6. The van der Waals surface area contributed by atoms with Crippen LogP contribution in [-0.2, 0) is 16.0 Å². The molecule has 23 heavy (non-hydrogen) atoms. The van der Waals surface area contributed by atoms with Crippen LogP contribution in [0.2, 0.25) is 0 Å². The smallest absolute Gasteiger partial charge is 0.408 e. The number of nitrogens with one attached hydrogen (secondary N) is 1. The minimum absolute atomic E-state index is 0.136. The lowest BCUT2D eigenvalue weighted by atomic mass is 10.0. The Morgan fingerprint density at radius 3 is 2.35 bits per heavy atom. The fourth-order valence-electron chi connectivity index (χ4n) is 1.83. The molecule has 0 aromatic heterocycles. The second kappa shape index (κ2) is 8.23. The van der Waals surface area contributed by atoms with E-state index in [9.17, 15) is 9.59 Å². The van der Waals surface area contributed by atoms with Gasteiger partial charge in [0.25, 0.3) is 0 Å². The molecule has 0 heterocycles. The molecule has 5 nitrogen and oxygen atoms in total. The van der Waals surface area contributed by atoms with E-state index in [1.165, 1.54) is 6.92 Å². The Labute approximate surface area is 137 Å². The maximum atomic E-state index is 11.8. The number of terminal acetylenes is 1. The number of benzene rings is 1. The van der Waals surface area contributed by atoms with Crippen LogP contribution in [0.1, 0.15) is 33.3 Å². The van der Waals surface area contributed by atoms with Crippen molar-refractivity contribution in [3.8, 4) is 18.1 Å². The standard InChI is InChI=1S/C18H23NO4/c1-6-11-22-15-9-7-14(8-10-15)12-16(13(2)20)19-17(21)23-18(3,4)5/h1,7-10,16H,11-12H2,2-5H3,(H,19,21). The van der Waals surface area contributed by atoms with Gasteiger partial charge in [-0.15, -0.1) is 6.42 Å². The summed E-state index contributed by atoms with van der Waals surface area (Å²) in [5.41, 5.74) is 0.288. The molecule has 1 aromatic carbocycles. The molecule has 0 saturated carbocycles. The first-order valence-electron chi connectivity index (χ1n) is 7.36. The van der Waals surface area contributed by atoms with Gasteiger partial charge in [0.15, 0.2) is 5.78 Å². The Morgan fingerprint density at radius 1 is 1.26 bits per heavy atom. The Morgan fingerprint density at radius 2 is 1.87 bits per heavy atom. The number of ketones is 1. The molecule has 5 heteroatoms. The molecule has 0 aliphatic carbocycles. The zero-order valence-electron chi connectivity index (χ0n) is 14.0. The summed E-state index contributed by atoms with van der Waals surface area (Å²) in [6.45, 7) is 6.95. The number of alkyl carbamates (subject to hydrolysis) is 1. The number of Topliss-reactive ketones (excluding diaryl/α,β-unsaturated/α-hetero) is 1. The predicted octanol–water partition coefficient (Wildman–Crippen LogP) is 2.72. The Hall–Kier alpha value is -2.48. The van der Waals surface area contributed by atoms with E-state index in [-0.39, 0.29) is 12.4 Å². The number of amides is 1. The maximum absolute atomic E-state index is 11.8. The van der Waals surface area contributed by atoms with Crippen LogP contribution in [0.4, 0.5) is 4.79 Å². The van der Waals surface area contributed by atoms with Crippen molar-refractivity contribution >= 4 is 11.9 Å². The summed E-state index contributed by atoms with van der Waals surface area (Å²) in [6, 6.07) is 6.58. The second-order valence-corrected chi connectivity index (χ2v) is 6.15. The molecule has 1 N–H and O–H groups in total. The molecular weight excluding hydrogens is 294 g/mol. The van der Waals surface area contributed by atoms with Crippen LogP contribution in [0, 0.1) is 12.3 Å². The van der Waals surface area contributed by atoms with E-state index in [0.29, 0.717) is 12.2 Å². The normalized spacial score (nSPS) is 12.0. The Bertz CT molecular complexity index is 579. The van der Waals surface area contributed by atoms with Gasteiger partial charge >= 0.3 is 6.09 Å². The molecule has 1 atom stereocenters. The highest BCUT2D eigenvalue weighted by Crippen LogP contribution is 2.14. The highest BCUT2D eigenvalue weighted by molar-refractivity contribution is 5.85. The third kappa shape index (κ3) is 7.37. The first kappa shape index (κ1) is 18.6. The summed E-state index contributed by atoms with van der Waals surface area (Å²) in [6.07, 6.45) is 4.90. The van der Waals surface area contributed by atoms with Crippen molar-refractivity contribution in [1.29, 1.82) is 0 Å². The van der Waals surface area contributed by atoms with E-state index in [4.69, 9.17) is 15.9 Å². The average Bonchev–Trinajstić information content (AvgIpc) is 2.43. The quantitative estimate of drug-likeness (QED) is 0.819. The van der Waals surface area contributed by atoms with E-state index in [1.807, 2.05) is 12.1 Å². The summed E-state index contributed by atoms with van der Waals surface area (Å²) < 4.78 is 10.5. The van der Waals surface area contributed by atoms with Gasteiger partial charge in [-0.1, -0.05) is 18.1 Å². The minimum Gasteiger partial charge on any atom is -0.481 e. The molecule has 0 aliphatic heterocycles. The first-order valence-corrected chi connectivity index (χ1v) is 7.36. The molecule has 1 rings (SSSR count). The SMILES string of the molecule is C#CCOc1ccc(CC(NC(=O)OC(C)(C)C)C(C)=O)cc1. The number of hydrogen-bond donors (Lipinski definition) is 1. The van der Waals surface area contributed by atoms with E-state index >= 15 is 0 Å². The zero-order chi connectivity index (χ0) is 17.5. The average molecular weight is 317 g/mol. The molecule has 0 bridgehead atoms. The molecular formula is C18H23NO4. The lowest BCUT2D eigenvalue weighted by Gasteiger charge is -2.22. The number of carbonyl (C=O) groups excluding carboxylic acids is 2. The fourth-order valence-corrected chi connectivity index (χ4v) is 1.83. The third-order valence-corrected chi connectivity index (χ3v) is 2.87. The van der Waals surface area contributed by atoms with Crippen molar-refractivity contribution in [2.45, 2.75) is 45.8 Å². The van der Waals surface area contributed by atoms with Crippen LogP contribution in [0.25, 0.3) is 0 Å². The van der Waals surface area contributed by atoms with Crippen LogP contribution < -0.4 is 10.1 Å². The summed E-state index contributed by atoms with van der Waals surface area (Å²) in [5, 5.41) is 2.60. The van der Waals surface area contributed by atoms with Crippen LogP contribution in [0.5, 0.6) is 5.75 Å². The van der Waals surface area contributed by atoms with Crippen molar-refractivity contribution in [2.24, 2.45) is 0 Å². The van der Waals surface area contributed by atoms with Gasteiger partial charge in [-0.05, 0) is 51.8 Å². The second-order valence-electron chi connectivity index (χ2n) is 6.15. The largest absolute Gasteiger partial charge is 0.481 e. The molecule has 0 spiro atoms. The molecule has 0 radical (unpaired) electrons. The number of rotatable bonds is 6. The van der Waals surface area contributed by atoms with Gasteiger partial charge in [0.2, 0.25) is 0 Å². The maximum Gasteiger partial charge on any atom is 0.408 e. The van der Waals surface area contributed by atoms with Crippen LogP contribution >= 0.6 is 0 Å². The van der Waals surface area contributed by atoms with Gasteiger partial charge in [0, 0.05) is 0 Å². The van der Waals surface area contributed by atoms with Gasteiger partial charge in [0.1, 0.15) is 18.0 Å². The van der Waals surface area contributed by atoms with Crippen LogP contribution in [-0.4, -0.2) is 30.1 Å². The third-order valence-electron chi connectivity index (χ3n) is 2.87. The van der Waals surface area contributed by atoms with Crippen LogP contribution in [0.15, 0.2) is 24.3 Å². The Balaban J connectivity index is 2.67. The van der Waals surface area contributed by atoms with Gasteiger partial charge < -0.3 is 14.8 Å². The van der Waals surface area contributed by atoms with E-state index in [2.05, 4.69) is 11.2 Å². The molecule has 0 saturated heterocycles. The van der Waals surface area contributed by atoms with Crippen molar-refractivity contribution in [2.75, 3.05) is 6.61 Å². The molecule has 1 unspecified atom stereocenters. The Kier molecular flexibility index (Phi) is 6.65. The lowest BCUT2D eigenvalue weighted by molar-refractivity contribution is -0.119. The lowest BCUT2D eigenvalue weighted by Crippen LogP contribution is -2.43. The van der Waals surface area contributed by atoms with E-state index in [1.54, 1.807) is 32.9 Å². The van der Waals surface area contributed by atoms with Crippen LogP contribution in [0.3, 0.4) is 0 Å². The zero-order valence-corrected chi connectivity index (χ0v) is 14.0.